The van der Waals surface area contributed by atoms with Crippen molar-refractivity contribution in [3.63, 3.8) is 0 Å². The number of rotatable bonds is 10. The topological polar surface area (TPSA) is 24.5 Å². The van der Waals surface area contributed by atoms with E-state index in [1.54, 1.807) is 7.11 Å². The molecule has 3 heteroatoms. The summed E-state index contributed by atoms with van der Waals surface area (Å²) in [5.41, 5.74) is 2.84. The molecule has 0 atom stereocenters. The van der Waals surface area contributed by atoms with Crippen LogP contribution in [0.5, 0.6) is 0 Å². The summed E-state index contributed by atoms with van der Waals surface area (Å²) in [6.07, 6.45) is 3.82. The first-order valence-electron chi connectivity index (χ1n) is 7.85. The zero-order valence-corrected chi connectivity index (χ0v) is 12.9. The van der Waals surface area contributed by atoms with E-state index in [0.29, 0.717) is 0 Å². The second-order valence-corrected chi connectivity index (χ2v) is 5.61. The van der Waals surface area contributed by atoms with E-state index in [4.69, 9.17) is 4.74 Å². The van der Waals surface area contributed by atoms with Crippen LogP contribution in [0.15, 0.2) is 24.3 Å². The van der Waals surface area contributed by atoms with Crippen LogP contribution in [-0.2, 0) is 17.7 Å². The van der Waals surface area contributed by atoms with Gasteiger partial charge >= 0.3 is 0 Å². The molecule has 1 saturated carbocycles. The molecular weight excluding hydrogens is 248 g/mol. The Kier molecular flexibility index (Phi) is 6.51. The fraction of sp³-hybridized carbons (Fsp3) is 0.647. The van der Waals surface area contributed by atoms with Gasteiger partial charge in [0.25, 0.3) is 0 Å². The summed E-state index contributed by atoms with van der Waals surface area (Å²) < 4.78 is 5.21. The summed E-state index contributed by atoms with van der Waals surface area (Å²) in [6.45, 7) is 7.20. The molecule has 1 aromatic carbocycles. The van der Waals surface area contributed by atoms with Gasteiger partial charge in [-0.2, -0.15) is 0 Å². The van der Waals surface area contributed by atoms with E-state index in [1.165, 1.54) is 24.0 Å². The van der Waals surface area contributed by atoms with Crippen molar-refractivity contribution >= 4 is 0 Å². The van der Waals surface area contributed by atoms with E-state index in [9.17, 15) is 0 Å². The number of nitrogens with one attached hydrogen (secondary N) is 1. The Bertz CT molecular complexity index is 373. The number of ether oxygens (including phenoxy) is 1. The van der Waals surface area contributed by atoms with Gasteiger partial charge in [-0.1, -0.05) is 31.2 Å². The second-order valence-electron chi connectivity index (χ2n) is 5.61. The van der Waals surface area contributed by atoms with Crippen LogP contribution in [0.1, 0.15) is 30.9 Å². The highest BCUT2D eigenvalue weighted by Gasteiger charge is 2.28. The maximum atomic E-state index is 5.21. The summed E-state index contributed by atoms with van der Waals surface area (Å²) in [5.74, 6) is 0. The van der Waals surface area contributed by atoms with Crippen molar-refractivity contribution < 1.29 is 4.74 Å². The van der Waals surface area contributed by atoms with Gasteiger partial charge in [-0.3, -0.25) is 4.90 Å². The van der Waals surface area contributed by atoms with Gasteiger partial charge < -0.3 is 10.1 Å². The van der Waals surface area contributed by atoms with E-state index in [2.05, 4.69) is 41.4 Å². The molecule has 0 unspecified atom stereocenters. The Balaban J connectivity index is 1.82. The van der Waals surface area contributed by atoms with E-state index in [-0.39, 0.29) is 0 Å². The highest BCUT2D eigenvalue weighted by molar-refractivity contribution is 5.23. The molecule has 1 fully saturated rings. The van der Waals surface area contributed by atoms with Crippen LogP contribution < -0.4 is 5.32 Å². The Morgan fingerprint density at radius 2 is 1.90 bits per heavy atom. The van der Waals surface area contributed by atoms with Gasteiger partial charge in [0.2, 0.25) is 0 Å². The van der Waals surface area contributed by atoms with Gasteiger partial charge in [-0.15, -0.1) is 0 Å². The molecule has 1 aromatic rings. The maximum absolute atomic E-state index is 5.21. The van der Waals surface area contributed by atoms with Crippen LogP contribution in [0, 0.1) is 0 Å². The lowest BCUT2D eigenvalue weighted by molar-refractivity contribution is 0.139. The monoisotopic (exact) mass is 276 g/mol. The first-order valence-corrected chi connectivity index (χ1v) is 7.85. The van der Waals surface area contributed by atoms with Crippen molar-refractivity contribution in [3.05, 3.63) is 35.4 Å². The van der Waals surface area contributed by atoms with Crippen molar-refractivity contribution in [2.45, 2.75) is 38.8 Å². The van der Waals surface area contributed by atoms with Gasteiger partial charge in [-0.05, 0) is 43.5 Å². The number of hydrogen-bond acceptors (Lipinski definition) is 3. The maximum Gasteiger partial charge on any atom is 0.0589 e. The van der Waals surface area contributed by atoms with Crippen molar-refractivity contribution in [3.8, 4) is 0 Å². The lowest BCUT2D eigenvalue weighted by Gasteiger charge is -2.21. The van der Waals surface area contributed by atoms with Crippen LogP contribution in [-0.4, -0.2) is 44.3 Å². The smallest absolute Gasteiger partial charge is 0.0589 e. The molecule has 2 rings (SSSR count). The van der Waals surface area contributed by atoms with Crippen molar-refractivity contribution in [2.24, 2.45) is 0 Å². The molecule has 1 aliphatic rings. The van der Waals surface area contributed by atoms with Crippen LogP contribution in [0.4, 0.5) is 0 Å². The molecular formula is C17H28N2O. The highest BCUT2D eigenvalue weighted by atomic mass is 16.5. The second kappa shape index (κ2) is 8.40. The van der Waals surface area contributed by atoms with E-state index in [0.717, 1.165) is 45.2 Å². The minimum atomic E-state index is 0.790. The largest absolute Gasteiger partial charge is 0.383 e. The molecule has 0 bridgehead atoms. The molecule has 3 nitrogen and oxygen atoms in total. The molecule has 20 heavy (non-hydrogen) atoms. The third-order valence-electron chi connectivity index (χ3n) is 3.89. The number of hydrogen-bond donors (Lipinski definition) is 1. The quantitative estimate of drug-likeness (QED) is 0.664. The summed E-state index contributed by atoms with van der Waals surface area (Å²) in [6, 6.07) is 9.90. The lowest BCUT2D eigenvalue weighted by atomic mass is 10.1. The number of benzene rings is 1. The molecule has 0 heterocycles. The summed E-state index contributed by atoms with van der Waals surface area (Å²) in [7, 11) is 1.78. The minimum Gasteiger partial charge on any atom is -0.383 e. The Hall–Kier alpha value is -0.900. The normalized spacial score (nSPS) is 14.9. The Morgan fingerprint density at radius 1 is 1.20 bits per heavy atom. The zero-order valence-electron chi connectivity index (χ0n) is 12.9. The predicted molar refractivity (Wildman–Crippen MR) is 84.0 cm³/mol. The number of nitrogens with zero attached hydrogens (tertiary/aromatic N) is 1. The summed E-state index contributed by atoms with van der Waals surface area (Å²) in [5, 5.41) is 3.37. The predicted octanol–water partition coefficient (Wildman–Crippen LogP) is 2.45. The molecule has 0 amide bonds. The van der Waals surface area contributed by atoms with Crippen LogP contribution in [0.25, 0.3) is 0 Å². The Morgan fingerprint density at radius 3 is 2.50 bits per heavy atom. The van der Waals surface area contributed by atoms with Gasteiger partial charge in [0.1, 0.15) is 0 Å². The third kappa shape index (κ3) is 5.23. The molecule has 0 saturated heterocycles. The van der Waals surface area contributed by atoms with Gasteiger partial charge in [-0.25, -0.2) is 0 Å². The van der Waals surface area contributed by atoms with Crippen LogP contribution >= 0.6 is 0 Å². The average molecular weight is 276 g/mol. The zero-order chi connectivity index (χ0) is 14.2. The molecule has 0 radical (unpaired) electrons. The number of likely N-dealkylation sites (N-methyl/N-ethyl adjacent to an activating group) is 1. The highest BCUT2D eigenvalue weighted by Crippen LogP contribution is 2.28. The molecule has 0 aromatic heterocycles. The summed E-state index contributed by atoms with van der Waals surface area (Å²) >= 11 is 0. The first-order chi connectivity index (χ1) is 9.83. The van der Waals surface area contributed by atoms with Gasteiger partial charge in [0.15, 0.2) is 0 Å². The van der Waals surface area contributed by atoms with E-state index in [1.807, 2.05) is 0 Å². The average Bonchev–Trinajstić information content (AvgIpc) is 3.30. The summed E-state index contributed by atoms with van der Waals surface area (Å²) in [4.78, 5) is 2.55. The van der Waals surface area contributed by atoms with Crippen LogP contribution in [0.3, 0.4) is 0 Å². The number of methoxy groups -OCH3 is 1. The SMILES string of the molecule is CCNCCc1ccc(CN(CCOC)C2CC2)cc1. The molecule has 1 N–H and O–H groups in total. The van der Waals surface area contributed by atoms with Crippen molar-refractivity contribution in [2.75, 3.05) is 33.4 Å². The minimum absolute atomic E-state index is 0.790. The lowest BCUT2D eigenvalue weighted by Crippen LogP contribution is -2.29. The standard InChI is InChI=1S/C17H28N2O/c1-3-18-11-10-15-4-6-16(7-5-15)14-19(12-13-20-2)17-8-9-17/h4-7,17-18H,3,8-14H2,1-2H3. The van der Waals surface area contributed by atoms with E-state index >= 15 is 0 Å². The molecule has 112 valence electrons. The first kappa shape index (κ1) is 15.5. The fourth-order valence-electron chi connectivity index (χ4n) is 2.49. The third-order valence-corrected chi connectivity index (χ3v) is 3.89. The van der Waals surface area contributed by atoms with E-state index < -0.39 is 0 Å². The van der Waals surface area contributed by atoms with Crippen molar-refractivity contribution in [1.29, 1.82) is 0 Å². The van der Waals surface area contributed by atoms with Gasteiger partial charge in [0, 0.05) is 26.2 Å². The van der Waals surface area contributed by atoms with Crippen molar-refractivity contribution in [1.82, 2.24) is 10.2 Å². The molecule has 0 aliphatic heterocycles. The van der Waals surface area contributed by atoms with Crippen LogP contribution in [0.2, 0.25) is 0 Å². The van der Waals surface area contributed by atoms with Gasteiger partial charge in [0.05, 0.1) is 6.61 Å². The fourth-order valence-corrected chi connectivity index (χ4v) is 2.49. The Labute approximate surface area is 123 Å². The molecule has 0 spiro atoms. The molecule has 1 aliphatic carbocycles.